The second-order valence-electron chi connectivity index (χ2n) is 15.0. The summed E-state index contributed by atoms with van der Waals surface area (Å²) >= 11 is 0. The summed E-state index contributed by atoms with van der Waals surface area (Å²) in [6, 6.07) is 0. The highest BCUT2D eigenvalue weighted by atomic mass is 31.2. The molecule has 5 unspecified atom stereocenters. The first-order chi connectivity index (χ1) is 28.5. The molecule has 0 heterocycles. The third kappa shape index (κ3) is 39.5. The minimum absolute atomic E-state index is 0.0374. The van der Waals surface area contributed by atoms with E-state index in [-0.39, 0.29) is 19.4 Å². The Morgan fingerprint density at radius 1 is 0.559 bits per heavy atom. The van der Waals surface area contributed by atoms with Gasteiger partial charge in [-0.2, -0.15) is 0 Å². The van der Waals surface area contributed by atoms with Gasteiger partial charge in [-0.15, -0.1) is 0 Å². The second-order valence-corrected chi connectivity index (χ2v) is 16.5. The number of ether oxygens (including phenoxy) is 2. The maximum atomic E-state index is 12.6. The molecule has 0 aromatic heterocycles. The lowest BCUT2D eigenvalue weighted by Crippen LogP contribution is -2.29. The fraction of sp³-hybridized carbons (Fsp3) is 0.739. The van der Waals surface area contributed by atoms with E-state index in [1.165, 1.54) is 70.6 Å². The summed E-state index contributed by atoms with van der Waals surface area (Å²) in [6.45, 7) is 1.83. The average Bonchev–Trinajstić information content (AvgIpc) is 3.22. The fourth-order valence-electron chi connectivity index (χ4n) is 5.78. The number of phosphoric ester groups is 1. The van der Waals surface area contributed by atoms with Gasteiger partial charge in [0, 0.05) is 12.8 Å². The van der Waals surface area contributed by atoms with Crippen molar-refractivity contribution in [2.75, 3.05) is 26.4 Å². The molecule has 0 fully saturated rings. The predicted octanol–water partition coefficient (Wildman–Crippen LogP) is 9.83. The first kappa shape index (κ1) is 56.6. The van der Waals surface area contributed by atoms with Crippen LogP contribution < -0.4 is 0 Å². The topological polar surface area (TPSA) is 189 Å². The molecule has 59 heavy (non-hydrogen) atoms. The molecule has 5 atom stereocenters. The molecule has 0 radical (unpaired) electrons. The van der Waals surface area contributed by atoms with E-state index in [1.807, 2.05) is 37.3 Å². The molecule has 0 amide bonds. The molecule has 0 aliphatic heterocycles. The number of rotatable bonds is 41. The summed E-state index contributed by atoms with van der Waals surface area (Å²) in [5.41, 5.74) is 0. The van der Waals surface area contributed by atoms with Gasteiger partial charge in [-0.05, 0) is 51.4 Å². The predicted molar refractivity (Wildman–Crippen MR) is 236 cm³/mol. The Kier molecular flexibility index (Phi) is 39.3. The van der Waals surface area contributed by atoms with E-state index in [0.29, 0.717) is 32.1 Å². The molecule has 342 valence electrons. The monoisotopic (exact) mass is 857 g/mol. The standard InChI is InChI=1S/C46H81O12P/c1-3-5-6-7-8-9-10-11-13-17-20-23-26-29-32-35-45(51)55-39-42(40-57-59(53,54)56-38-41(48)37-47)58-46(52)36-33-30-27-24-21-18-15-12-14-16-19-22-25-28-31-34-44(50)43(49)4-2/h12,14,18-19,21-22,27-28,30-31,41-44,47-50H,3-11,13,15-17,20,23-26,29,32-40H2,1-2H3,(H,53,54)/b14-12+,21-18+,22-19+,30-27+,31-28+. The zero-order valence-electron chi connectivity index (χ0n) is 36.4. The highest BCUT2D eigenvalue weighted by Crippen LogP contribution is 2.43. The molecule has 0 aliphatic rings. The van der Waals surface area contributed by atoms with Crippen LogP contribution in [-0.4, -0.2) is 88.1 Å². The van der Waals surface area contributed by atoms with Gasteiger partial charge < -0.3 is 34.8 Å². The Labute approximate surface area is 356 Å². The average molecular weight is 857 g/mol. The van der Waals surface area contributed by atoms with Crippen molar-refractivity contribution in [3.8, 4) is 0 Å². The number of allylic oxidation sites excluding steroid dienone is 9. The van der Waals surface area contributed by atoms with E-state index in [1.54, 1.807) is 0 Å². The lowest BCUT2D eigenvalue weighted by Gasteiger charge is -2.20. The van der Waals surface area contributed by atoms with E-state index >= 15 is 0 Å². The molecule has 0 saturated carbocycles. The van der Waals surface area contributed by atoms with E-state index in [4.69, 9.17) is 19.1 Å². The van der Waals surface area contributed by atoms with E-state index < -0.39 is 64.0 Å². The summed E-state index contributed by atoms with van der Waals surface area (Å²) in [4.78, 5) is 35.0. The third-order valence-corrected chi connectivity index (χ3v) is 10.4. The summed E-state index contributed by atoms with van der Waals surface area (Å²) < 4.78 is 32.6. The Hall–Kier alpha value is -2.41. The van der Waals surface area contributed by atoms with Crippen LogP contribution in [0.25, 0.3) is 0 Å². The Morgan fingerprint density at radius 3 is 1.51 bits per heavy atom. The van der Waals surface area contributed by atoms with Crippen LogP contribution in [0.3, 0.4) is 0 Å². The molecule has 12 nitrogen and oxygen atoms in total. The quantitative estimate of drug-likeness (QED) is 0.0170. The summed E-state index contributed by atoms with van der Waals surface area (Å²) in [5.74, 6) is -1.05. The van der Waals surface area contributed by atoms with Gasteiger partial charge in [-0.25, -0.2) is 4.57 Å². The third-order valence-electron chi connectivity index (χ3n) is 9.45. The lowest BCUT2D eigenvalue weighted by molar-refractivity contribution is -0.161. The van der Waals surface area contributed by atoms with Crippen molar-refractivity contribution >= 4 is 19.8 Å². The minimum atomic E-state index is -4.65. The van der Waals surface area contributed by atoms with Gasteiger partial charge >= 0.3 is 19.8 Å². The molecule has 13 heteroatoms. The Bertz CT molecular complexity index is 1200. The number of hydrogen-bond acceptors (Lipinski definition) is 11. The molecule has 0 aliphatic carbocycles. The largest absolute Gasteiger partial charge is 0.472 e. The van der Waals surface area contributed by atoms with Gasteiger partial charge in [0.1, 0.15) is 12.7 Å². The number of unbranched alkanes of at least 4 members (excludes halogenated alkanes) is 14. The van der Waals surface area contributed by atoms with Crippen LogP contribution in [0.15, 0.2) is 60.8 Å². The van der Waals surface area contributed by atoms with Crippen LogP contribution in [0, 0.1) is 0 Å². The van der Waals surface area contributed by atoms with Gasteiger partial charge in [-0.3, -0.25) is 18.6 Å². The van der Waals surface area contributed by atoms with Gasteiger partial charge in [0.2, 0.25) is 0 Å². The smallest absolute Gasteiger partial charge is 0.462 e. The molecule has 0 rings (SSSR count). The highest BCUT2D eigenvalue weighted by Gasteiger charge is 2.27. The maximum Gasteiger partial charge on any atom is 0.472 e. The van der Waals surface area contributed by atoms with Gasteiger partial charge in [0.05, 0.1) is 32.0 Å². The van der Waals surface area contributed by atoms with E-state index in [9.17, 15) is 34.4 Å². The number of esters is 2. The van der Waals surface area contributed by atoms with Crippen LogP contribution >= 0.6 is 7.82 Å². The number of carbonyl (C=O) groups is 2. The molecule has 0 spiro atoms. The van der Waals surface area contributed by atoms with Gasteiger partial charge in [0.15, 0.2) is 6.10 Å². The van der Waals surface area contributed by atoms with Crippen LogP contribution in [0.1, 0.15) is 168 Å². The second kappa shape index (κ2) is 41.0. The van der Waals surface area contributed by atoms with Crippen LogP contribution in [0.5, 0.6) is 0 Å². The first-order valence-electron chi connectivity index (χ1n) is 22.4. The van der Waals surface area contributed by atoms with Crippen molar-refractivity contribution < 1.29 is 58.0 Å². The molecular formula is C46H81O12P. The Balaban J connectivity index is 4.43. The SMILES string of the molecule is CCCCCCCCCCCCCCCCCC(=O)OCC(COP(=O)(O)OCC(O)CO)OC(=O)CC/C=C/C/C=C/C/C=C/C/C=C/C/C=C/CC(O)C(O)CC. The van der Waals surface area contributed by atoms with Crippen molar-refractivity contribution in [1.29, 1.82) is 0 Å². The number of carbonyl (C=O) groups excluding carboxylic acids is 2. The van der Waals surface area contributed by atoms with Gasteiger partial charge in [0.25, 0.3) is 0 Å². The van der Waals surface area contributed by atoms with Crippen LogP contribution in [-0.2, 0) is 32.7 Å². The number of aliphatic hydroxyl groups is 4. The molecule has 0 bridgehead atoms. The van der Waals surface area contributed by atoms with Gasteiger partial charge in [-0.1, -0.05) is 164 Å². The number of hydrogen-bond donors (Lipinski definition) is 5. The van der Waals surface area contributed by atoms with Crippen molar-refractivity contribution in [2.45, 2.75) is 192 Å². The minimum Gasteiger partial charge on any atom is -0.462 e. The molecule has 0 aromatic rings. The zero-order valence-corrected chi connectivity index (χ0v) is 37.3. The molecule has 0 aromatic carbocycles. The molecule has 5 N–H and O–H groups in total. The highest BCUT2D eigenvalue weighted by molar-refractivity contribution is 7.47. The maximum absolute atomic E-state index is 12.6. The molecular weight excluding hydrogens is 775 g/mol. The number of phosphoric acid groups is 1. The van der Waals surface area contributed by atoms with Crippen molar-refractivity contribution in [2.24, 2.45) is 0 Å². The molecule has 0 saturated heterocycles. The van der Waals surface area contributed by atoms with Crippen LogP contribution in [0.2, 0.25) is 0 Å². The Morgan fingerprint density at radius 2 is 1.02 bits per heavy atom. The fourth-order valence-corrected chi connectivity index (χ4v) is 6.56. The number of aliphatic hydroxyl groups excluding tert-OH is 4. The van der Waals surface area contributed by atoms with Crippen molar-refractivity contribution in [3.63, 3.8) is 0 Å². The van der Waals surface area contributed by atoms with E-state index in [2.05, 4.69) is 41.8 Å². The summed E-state index contributed by atoms with van der Waals surface area (Å²) in [7, 11) is -4.65. The zero-order chi connectivity index (χ0) is 43.7. The lowest BCUT2D eigenvalue weighted by atomic mass is 10.0. The first-order valence-corrected chi connectivity index (χ1v) is 23.9. The van der Waals surface area contributed by atoms with Crippen LogP contribution in [0.4, 0.5) is 0 Å². The van der Waals surface area contributed by atoms with Crippen molar-refractivity contribution in [3.05, 3.63) is 60.8 Å². The summed E-state index contributed by atoms with van der Waals surface area (Å²) in [5, 5.41) is 37.6. The van der Waals surface area contributed by atoms with Crippen molar-refractivity contribution in [1.82, 2.24) is 0 Å². The summed E-state index contributed by atoms with van der Waals surface area (Å²) in [6.07, 6.45) is 39.1. The normalized spacial score (nSPS) is 15.4. The van der Waals surface area contributed by atoms with E-state index in [0.717, 1.165) is 38.5 Å².